The van der Waals surface area contributed by atoms with Crippen LogP contribution in [0.25, 0.3) is 0 Å². The number of phosphoric ester groups is 1. The van der Waals surface area contributed by atoms with Gasteiger partial charge in [0.05, 0.1) is 39.9 Å². The molecule has 45 heavy (non-hydrogen) atoms. The molecule has 0 spiro atoms. The molecular formula is C36H73N2O6P. The summed E-state index contributed by atoms with van der Waals surface area (Å²) in [6.07, 6.45) is 29.2. The number of carbonyl (C=O) groups is 1. The fraction of sp³-hybridized carbons (Fsp3) is 0.917. The molecule has 0 aliphatic heterocycles. The topological polar surface area (TPSA) is 108 Å². The Labute approximate surface area is 278 Å². The van der Waals surface area contributed by atoms with E-state index < -0.39 is 20.0 Å². The van der Waals surface area contributed by atoms with Gasteiger partial charge in [-0.3, -0.25) is 9.36 Å². The summed E-state index contributed by atoms with van der Waals surface area (Å²) >= 11 is 0. The molecule has 0 fully saturated rings. The van der Waals surface area contributed by atoms with Gasteiger partial charge < -0.3 is 28.8 Å². The summed E-state index contributed by atoms with van der Waals surface area (Å²) in [5.41, 5.74) is 0. The zero-order chi connectivity index (χ0) is 33.7. The minimum atomic E-state index is -4.55. The summed E-state index contributed by atoms with van der Waals surface area (Å²) in [6, 6.07) is -0.808. The molecular weight excluding hydrogens is 587 g/mol. The van der Waals surface area contributed by atoms with Crippen LogP contribution in [0.2, 0.25) is 0 Å². The number of rotatable bonds is 33. The van der Waals surface area contributed by atoms with Crippen molar-refractivity contribution in [1.29, 1.82) is 0 Å². The summed E-state index contributed by atoms with van der Waals surface area (Å²) in [6.45, 7) is 4.65. The van der Waals surface area contributed by atoms with Crippen molar-refractivity contribution < 1.29 is 32.9 Å². The average molecular weight is 661 g/mol. The smallest absolute Gasteiger partial charge is 0.268 e. The van der Waals surface area contributed by atoms with E-state index in [0.717, 1.165) is 44.9 Å². The monoisotopic (exact) mass is 661 g/mol. The predicted molar refractivity (Wildman–Crippen MR) is 187 cm³/mol. The highest BCUT2D eigenvalue weighted by Crippen LogP contribution is 2.38. The molecule has 2 N–H and O–H groups in total. The van der Waals surface area contributed by atoms with Gasteiger partial charge in [-0.1, -0.05) is 129 Å². The minimum Gasteiger partial charge on any atom is -0.756 e. The lowest BCUT2D eigenvalue weighted by atomic mass is 10.0. The second-order valence-corrected chi connectivity index (χ2v) is 15.3. The molecule has 1 unspecified atom stereocenters. The van der Waals surface area contributed by atoms with Crippen molar-refractivity contribution in [2.45, 2.75) is 174 Å². The van der Waals surface area contributed by atoms with Crippen molar-refractivity contribution in [3.63, 3.8) is 0 Å². The van der Waals surface area contributed by atoms with Crippen molar-refractivity contribution in [3.05, 3.63) is 12.2 Å². The first kappa shape index (κ1) is 44.2. The van der Waals surface area contributed by atoms with Gasteiger partial charge in [-0.25, -0.2) is 0 Å². The molecule has 0 radical (unpaired) electrons. The maximum absolute atomic E-state index is 12.7. The quantitative estimate of drug-likeness (QED) is 0.0316. The molecule has 0 rings (SSSR count). The SMILES string of the molecule is CCCCCCCC/C=C/CCCC[C@@H](O)[C@H](COP(=O)([O-])OCC[N+](C)(C)C)NC(=O)CCCCCCCCCCCCC. The Bertz CT molecular complexity index is 758. The third-order valence-corrected chi connectivity index (χ3v) is 9.22. The molecule has 0 heterocycles. The Morgan fingerprint density at radius 3 is 1.73 bits per heavy atom. The molecule has 0 saturated heterocycles. The summed E-state index contributed by atoms with van der Waals surface area (Å²) in [5.74, 6) is -0.178. The number of carbonyl (C=O) groups excluding carboxylic acids is 1. The highest BCUT2D eigenvalue weighted by Gasteiger charge is 2.24. The van der Waals surface area contributed by atoms with Gasteiger partial charge in [0.2, 0.25) is 5.91 Å². The number of aliphatic hydroxyl groups is 1. The van der Waals surface area contributed by atoms with Crippen LogP contribution in [0, 0.1) is 0 Å². The second kappa shape index (κ2) is 29.4. The van der Waals surface area contributed by atoms with Crippen LogP contribution in [0.5, 0.6) is 0 Å². The zero-order valence-corrected chi connectivity index (χ0v) is 31.0. The Kier molecular flexibility index (Phi) is 28.9. The number of hydrogen-bond donors (Lipinski definition) is 2. The lowest BCUT2D eigenvalue weighted by molar-refractivity contribution is -0.870. The van der Waals surface area contributed by atoms with Crippen molar-refractivity contribution in [2.75, 3.05) is 40.9 Å². The molecule has 8 nitrogen and oxygen atoms in total. The van der Waals surface area contributed by atoms with Gasteiger partial charge in [0.15, 0.2) is 0 Å². The fourth-order valence-corrected chi connectivity index (χ4v) is 5.93. The number of hydrogen-bond acceptors (Lipinski definition) is 6. The van der Waals surface area contributed by atoms with Gasteiger partial charge in [-0.05, 0) is 38.5 Å². The van der Waals surface area contributed by atoms with E-state index in [9.17, 15) is 19.4 Å². The van der Waals surface area contributed by atoms with Crippen LogP contribution in [0.4, 0.5) is 0 Å². The molecule has 0 aromatic carbocycles. The summed E-state index contributed by atoms with van der Waals surface area (Å²) < 4.78 is 23.1. The number of likely N-dealkylation sites (N-methyl/N-ethyl adjacent to an activating group) is 1. The molecule has 0 aliphatic rings. The molecule has 0 aromatic heterocycles. The number of amides is 1. The van der Waals surface area contributed by atoms with E-state index in [1.54, 1.807) is 0 Å². The maximum atomic E-state index is 12.7. The van der Waals surface area contributed by atoms with Gasteiger partial charge in [-0.2, -0.15) is 0 Å². The standard InChI is InChI=1S/C36H73N2O6P/c1-6-8-10-12-14-16-18-20-21-23-25-27-29-35(39)34(33-44-45(41,42)43-32-31-38(3,4)5)37-36(40)30-28-26-24-22-19-17-15-13-11-9-7-2/h20-21,34-35,39H,6-19,22-33H2,1-5H3,(H-,37,40,41,42)/b21-20+/t34-,35+/m0/s1. The fourth-order valence-electron chi connectivity index (χ4n) is 5.21. The average Bonchev–Trinajstić information content (AvgIpc) is 2.97. The first-order valence-corrected chi connectivity index (χ1v) is 20.0. The normalized spacial score (nSPS) is 14.9. The molecule has 0 aromatic rings. The molecule has 9 heteroatoms. The molecule has 0 aliphatic carbocycles. The first-order chi connectivity index (χ1) is 21.5. The number of nitrogens with zero attached hydrogens (tertiary/aromatic N) is 1. The van der Waals surface area contributed by atoms with Crippen LogP contribution >= 0.6 is 7.82 Å². The molecule has 1 amide bonds. The minimum absolute atomic E-state index is 0.00902. The van der Waals surface area contributed by atoms with Crippen molar-refractivity contribution >= 4 is 13.7 Å². The third-order valence-electron chi connectivity index (χ3n) is 8.25. The number of quaternary nitrogens is 1. The Morgan fingerprint density at radius 2 is 1.22 bits per heavy atom. The highest BCUT2D eigenvalue weighted by molar-refractivity contribution is 7.45. The lowest BCUT2D eigenvalue weighted by Gasteiger charge is -2.30. The van der Waals surface area contributed by atoms with Gasteiger partial charge >= 0.3 is 0 Å². The van der Waals surface area contributed by atoms with E-state index in [1.165, 1.54) is 89.9 Å². The Morgan fingerprint density at radius 1 is 0.756 bits per heavy atom. The summed E-state index contributed by atoms with van der Waals surface area (Å²) in [4.78, 5) is 25.1. The summed E-state index contributed by atoms with van der Waals surface area (Å²) in [5, 5.41) is 13.8. The van der Waals surface area contributed by atoms with Crippen LogP contribution in [-0.2, 0) is 18.4 Å². The third kappa shape index (κ3) is 31.6. The van der Waals surface area contributed by atoms with Crippen molar-refractivity contribution in [2.24, 2.45) is 0 Å². The second-order valence-electron chi connectivity index (χ2n) is 13.9. The number of phosphoric acid groups is 1. The highest BCUT2D eigenvalue weighted by atomic mass is 31.2. The van der Waals surface area contributed by atoms with Gasteiger partial charge in [0.1, 0.15) is 13.2 Å². The molecule has 0 saturated carbocycles. The number of allylic oxidation sites excluding steroid dienone is 2. The van der Waals surface area contributed by atoms with E-state index in [-0.39, 0.29) is 19.1 Å². The molecule has 0 bridgehead atoms. The largest absolute Gasteiger partial charge is 0.756 e. The van der Waals surface area contributed by atoms with Crippen molar-refractivity contribution in [1.82, 2.24) is 5.32 Å². The van der Waals surface area contributed by atoms with E-state index >= 15 is 0 Å². The lowest BCUT2D eigenvalue weighted by Crippen LogP contribution is -2.46. The van der Waals surface area contributed by atoms with Gasteiger partial charge in [0.25, 0.3) is 7.82 Å². The van der Waals surface area contributed by atoms with Crippen LogP contribution in [-0.4, -0.2) is 68.5 Å². The summed E-state index contributed by atoms with van der Waals surface area (Å²) in [7, 11) is 1.29. The zero-order valence-electron chi connectivity index (χ0n) is 30.1. The number of unbranched alkanes of at least 4 members (excludes halogenated alkanes) is 18. The van der Waals surface area contributed by atoms with Gasteiger partial charge in [-0.15, -0.1) is 0 Å². The molecule has 3 atom stereocenters. The van der Waals surface area contributed by atoms with E-state index in [1.807, 2.05) is 21.1 Å². The van der Waals surface area contributed by atoms with Crippen LogP contribution < -0.4 is 10.2 Å². The van der Waals surface area contributed by atoms with Gasteiger partial charge in [0, 0.05) is 6.42 Å². The Hall–Kier alpha value is -0.760. The van der Waals surface area contributed by atoms with E-state index in [0.29, 0.717) is 23.9 Å². The van der Waals surface area contributed by atoms with Crippen LogP contribution in [0.1, 0.15) is 162 Å². The van der Waals surface area contributed by atoms with Crippen molar-refractivity contribution in [3.8, 4) is 0 Å². The number of aliphatic hydroxyl groups excluding tert-OH is 1. The van der Waals surface area contributed by atoms with E-state index in [2.05, 4.69) is 31.3 Å². The Balaban J connectivity index is 4.54. The predicted octanol–water partition coefficient (Wildman–Crippen LogP) is 8.61. The van der Waals surface area contributed by atoms with Crippen LogP contribution in [0.3, 0.4) is 0 Å². The molecule has 268 valence electrons. The first-order valence-electron chi connectivity index (χ1n) is 18.5. The maximum Gasteiger partial charge on any atom is 0.268 e. The van der Waals surface area contributed by atoms with Crippen LogP contribution in [0.15, 0.2) is 12.2 Å². The van der Waals surface area contributed by atoms with E-state index in [4.69, 9.17) is 9.05 Å². The number of nitrogens with one attached hydrogen (secondary N) is 1.